The van der Waals surface area contributed by atoms with Gasteiger partial charge in [-0.15, -0.1) is 24.3 Å². The van der Waals surface area contributed by atoms with Crippen molar-refractivity contribution in [2.24, 2.45) is 0 Å². The Kier molecular flexibility index (Phi) is 10.5. The third-order valence-corrected chi connectivity index (χ3v) is 11.1. The average Bonchev–Trinajstić information content (AvgIpc) is 3.58. The molecule has 0 saturated heterocycles. The van der Waals surface area contributed by atoms with Gasteiger partial charge in [-0.3, -0.25) is 9.97 Å². The molecule has 5 heteroatoms. The number of aromatic hydroxyl groups is 1. The second-order valence-corrected chi connectivity index (χ2v) is 17.2. The maximum Gasteiger partial charge on any atom is 0.124 e. The van der Waals surface area contributed by atoms with E-state index in [2.05, 4.69) is 174 Å². The van der Waals surface area contributed by atoms with Gasteiger partial charge in [0.2, 0.25) is 0 Å². The maximum atomic E-state index is 11.0. The summed E-state index contributed by atoms with van der Waals surface area (Å²) >= 11 is 0. The Balaban J connectivity index is 0.00000484. The van der Waals surface area contributed by atoms with Gasteiger partial charge in [-0.25, -0.2) is 0 Å². The molecule has 0 bridgehead atoms. The molecule has 0 aliphatic rings. The van der Waals surface area contributed by atoms with Crippen LogP contribution in [0, 0.1) is 6.07 Å². The van der Waals surface area contributed by atoms with E-state index in [4.69, 9.17) is 9.97 Å². The van der Waals surface area contributed by atoms with Crippen LogP contribution >= 0.6 is 0 Å². The summed E-state index contributed by atoms with van der Waals surface area (Å²) in [6.07, 6.45) is 1.98. The van der Waals surface area contributed by atoms with Gasteiger partial charge >= 0.3 is 0 Å². The Morgan fingerprint density at radius 3 is 1.80 bits per heavy atom. The molecule has 4 nitrogen and oxygen atoms in total. The van der Waals surface area contributed by atoms with E-state index in [0.717, 1.165) is 56.0 Å². The van der Waals surface area contributed by atoms with Crippen molar-refractivity contribution >= 4 is 21.8 Å². The summed E-state index contributed by atoms with van der Waals surface area (Å²) in [5.41, 5.74) is 15.0. The molecule has 1 N–H and O–H groups in total. The number of hydrogen-bond donors (Lipinski definition) is 1. The average molecular weight is 948 g/mol. The first-order valence-electron chi connectivity index (χ1n) is 20.0. The Labute approximate surface area is 361 Å². The van der Waals surface area contributed by atoms with Crippen molar-refractivity contribution in [2.75, 3.05) is 0 Å². The minimum atomic E-state index is -0.0371. The molecule has 0 aliphatic heterocycles. The predicted molar refractivity (Wildman–Crippen MR) is 241 cm³/mol. The summed E-state index contributed by atoms with van der Waals surface area (Å²) < 4.78 is 2.34. The Morgan fingerprint density at radius 1 is 0.508 bits per heavy atom. The van der Waals surface area contributed by atoms with Crippen molar-refractivity contribution in [3.8, 4) is 67.5 Å². The molecule has 0 spiro atoms. The third kappa shape index (κ3) is 7.66. The number of pyridine rings is 2. The zero-order chi connectivity index (χ0) is 40.2. The zero-order valence-electron chi connectivity index (χ0n) is 34.2. The number of phenolic OH excluding ortho intramolecular Hbond substituents is 1. The molecule has 0 amide bonds. The second-order valence-electron chi connectivity index (χ2n) is 17.2. The summed E-state index contributed by atoms with van der Waals surface area (Å²) in [5.74, 6) is 0.194. The third-order valence-electron chi connectivity index (χ3n) is 11.1. The smallest absolute Gasteiger partial charge is 0.124 e. The van der Waals surface area contributed by atoms with E-state index in [1.54, 1.807) is 6.07 Å². The largest absolute Gasteiger partial charge is 0.507 e. The number of benzene rings is 6. The zero-order valence-corrected chi connectivity index (χ0v) is 36.5. The van der Waals surface area contributed by atoms with Crippen molar-refractivity contribution in [3.05, 3.63) is 181 Å². The fraction of sp³-hybridized carbons (Fsp3) is 0.148. The Bertz CT molecular complexity index is 2940. The van der Waals surface area contributed by atoms with Gasteiger partial charge in [0.05, 0.1) is 16.7 Å². The van der Waals surface area contributed by atoms with Crippen LogP contribution in [-0.4, -0.2) is 19.6 Å². The van der Waals surface area contributed by atoms with Crippen molar-refractivity contribution in [2.45, 2.75) is 52.4 Å². The fourth-order valence-corrected chi connectivity index (χ4v) is 7.92. The van der Waals surface area contributed by atoms with Crippen molar-refractivity contribution < 1.29 is 26.2 Å². The van der Waals surface area contributed by atoms with Crippen LogP contribution in [0.3, 0.4) is 0 Å². The Hall–Kier alpha value is -6.09. The number of phenols is 1. The molecule has 0 unspecified atom stereocenters. The molecule has 9 rings (SSSR count). The Morgan fingerprint density at radius 2 is 1.10 bits per heavy atom. The van der Waals surface area contributed by atoms with Gasteiger partial charge in [-0.05, 0) is 86.7 Å². The molecule has 0 radical (unpaired) electrons. The minimum Gasteiger partial charge on any atom is -0.507 e. The summed E-state index contributed by atoms with van der Waals surface area (Å²) in [5, 5.41) is 13.4. The summed E-state index contributed by atoms with van der Waals surface area (Å²) in [7, 11) is 0. The van der Waals surface area contributed by atoms with E-state index in [0.29, 0.717) is 11.3 Å². The van der Waals surface area contributed by atoms with Crippen LogP contribution in [0.5, 0.6) is 5.75 Å². The number of rotatable bonds is 6. The first-order chi connectivity index (χ1) is 27.9. The summed E-state index contributed by atoms with van der Waals surface area (Å²) in [6, 6.07) is 58.3. The molecule has 6 aromatic carbocycles. The topological polar surface area (TPSA) is 50.9 Å². The molecule has 0 saturated carbocycles. The number of nitrogens with zero attached hydrogens (tertiary/aromatic N) is 3. The fourth-order valence-electron chi connectivity index (χ4n) is 7.92. The number of fused-ring (bicyclic) bond motifs is 3. The molecule has 294 valence electrons. The summed E-state index contributed by atoms with van der Waals surface area (Å²) in [4.78, 5) is 10.2. The molecule has 59 heavy (non-hydrogen) atoms. The van der Waals surface area contributed by atoms with Crippen LogP contribution < -0.4 is 0 Å². The van der Waals surface area contributed by atoms with Crippen LogP contribution in [0.15, 0.2) is 164 Å². The molecule has 0 aliphatic carbocycles. The van der Waals surface area contributed by atoms with Crippen molar-refractivity contribution in [1.29, 1.82) is 0 Å². The van der Waals surface area contributed by atoms with E-state index in [9.17, 15) is 5.11 Å². The van der Waals surface area contributed by atoms with Gasteiger partial charge in [0.15, 0.2) is 0 Å². The quantitative estimate of drug-likeness (QED) is 0.169. The monoisotopic (exact) mass is 947 g/mol. The SMILES string of the molecule is CC(C)(C)c1cc(-c2cc(-c3[c-]c(-c4ccc(-c5cccc6c5c5ccccc5n6-c5ccccc5)cn4)ccc3)nc(-c3ccccc3O)c2)cc(C(C)(C)C)c1.[Pt]. The van der Waals surface area contributed by atoms with E-state index in [-0.39, 0.29) is 37.6 Å². The molecule has 0 atom stereocenters. The van der Waals surface area contributed by atoms with Gasteiger partial charge in [0, 0.05) is 60.7 Å². The van der Waals surface area contributed by atoms with Crippen LogP contribution in [0.1, 0.15) is 52.7 Å². The molecule has 0 fully saturated rings. The van der Waals surface area contributed by atoms with E-state index >= 15 is 0 Å². The normalized spacial score (nSPS) is 11.8. The van der Waals surface area contributed by atoms with Gasteiger partial charge < -0.3 is 9.67 Å². The van der Waals surface area contributed by atoms with Crippen LogP contribution in [0.4, 0.5) is 0 Å². The molecule has 3 aromatic heterocycles. The first kappa shape index (κ1) is 39.7. The van der Waals surface area contributed by atoms with E-state index in [1.165, 1.54) is 27.4 Å². The number of para-hydroxylation sites is 3. The molecule has 9 aromatic rings. The summed E-state index contributed by atoms with van der Waals surface area (Å²) in [6.45, 7) is 13.6. The standard InChI is InChI=1S/C54H46N3O.Pt/c1-53(2,3)40-29-38(30-41(33-40)54(4,5)6)39-31-47(56-48(32-39)44-20-11-13-25-51(44)58)36-17-14-16-35(28-36)46-27-26-37(34-55-46)43-22-15-24-50-52(43)45-21-10-12-23-49(45)57(50)42-18-8-7-9-19-42;/h7-27,29-34,58H,1-6H3;/q-1;. The number of hydrogen-bond acceptors (Lipinski definition) is 3. The molecular formula is C54H46N3OPt-. The molecular weight excluding hydrogens is 902 g/mol. The predicted octanol–water partition coefficient (Wildman–Crippen LogP) is 14.0. The maximum absolute atomic E-state index is 11.0. The first-order valence-corrected chi connectivity index (χ1v) is 20.0. The van der Waals surface area contributed by atoms with Gasteiger partial charge in [-0.2, -0.15) is 0 Å². The van der Waals surface area contributed by atoms with E-state index in [1.807, 2.05) is 36.5 Å². The minimum absolute atomic E-state index is 0. The van der Waals surface area contributed by atoms with Crippen LogP contribution in [-0.2, 0) is 31.9 Å². The second kappa shape index (κ2) is 15.6. The van der Waals surface area contributed by atoms with Crippen molar-refractivity contribution in [3.63, 3.8) is 0 Å². The van der Waals surface area contributed by atoms with E-state index < -0.39 is 0 Å². The van der Waals surface area contributed by atoms with Crippen LogP contribution in [0.25, 0.3) is 83.5 Å². The number of aromatic nitrogens is 3. The van der Waals surface area contributed by atoms with Gasteiger partial charge in [0.25, 0.3) is 0 Å². The molecule has 3 heterocycles. The van der Waals surface area contributed by atoms with Gasteiger partial charge in [-0.1, -0.05) is 150 Å². The van der Waals surface area contributed by atoms with Crippen molar-refractivity contribution in [1.82, 2.24) is 14.5 Å². The van der Waals surface area contributed by atoms with Gasteiger partial charge in [0.1, 0.15) is 5.75 Å². The van der Waals surface area contributed by atoms with Crippen LogP contribution in [0.2, 0.25) is 0 Å².